The first-order valence-corrected chi connectivity index (χ1v) is 8.72. The van der Waals surface area contributed by atoms with Gasteiger partial charge in [0.1, 0.15) is 18.2 Å². The molecule has 0 aliphatic heterocycles. The highest BCUT2D eigenvalue weighted by Gasteiger charge is 2.01. The molecule has 27 heavy (non-hydrogen) atoms. The lowest BCUT2D eigenvalue weighted by Gasteiger charge is -2.06. The molecule has 0 saturated carbocycles. The number of fused-ring (bicyclic) bond motifs is 1. The molecule has 0 amide bonds. The summed E-state index contributed by atoms with van der Waals surface area (Å²) in [4.78, 5) is 19.4. The van der Waals surface area contributed by atoms with Gasteiger partial charge < -0.3 is 9.72 Å². The van der Waals surface area contributed by atoms with E-state index in [0.717, 1.165) is 16.9 Å². The molecule has 1 N–H and O–H groups in total. The van der Waals surface area contributed by atoms with Crippen molar-refractivity contribution >= 4 is 23.1 Å². The fourth-order valence-corrected chi connectivity index (χ4v) is 2.77. The van der Waals surface area contributed by atoms with Gasteiger partial charge in [0.25, 0.3) is 5.56 Å². The lowest BCUT2D eigenvalue weighted by atomic mass is 10.2. The van der Waals surface area contributed by atoms with E-state index in [1.807, 2.05) is 78.9 Å². The van der Waals surface area contributed by atoms with Gasteiger partial charge in [0.15, 0.2) is 0 Å². The Morgan fingerprint density at radius 3 is 2.41 bits per heavy atom. The zero-order chi connectivity index (χ0) is 18.5. The Morgan fingerprint density at radius 1 is 0.852 bits per heavy atom. The predicted molar refractivity (Wildman–Crippen MR) is 109 cm³/mol. The molecular formula is C23H18N2O2. The largest absolute Gasteiger partial charge is 0.489 e. The van der Waals surface area contributed by atoms with Gasteiger partial charge in [0.05, 0.1) is 10.9 Å². The summed E-state index contributed by atoms with van der Waals surface area (Å²) in [5, 5.41) is 0.592. The zero-order valence-corrected chi connectivity index (χ0v) is 14.6. The Bertz CT molecular complexity index is 1130. The molecule has 0 fully saturated rings. The maximum atomic E-state index is 12.1. The number of benzene rings is 3. The van der Waals surface area contributed by atoms with Crippen LogP contribution in [0.15, 0.2) is 83.7 Å². The first kappa shape index (κ1) is 16.8. The number of H-pyrrole nitrogens is 1. The third kappa shape index (κ3) is 4.12. The van der Waals surface area contributed by atoms with Crippen LogP contribution in [-0.4, -0.2) is 9.97 Å². The Morgan fingerprint density at radius 2 is 1.59 bits per heavy atom. The zero-order valence-electron chi connectivity index (χ0n) is 14.6. The van der Waals surface area contributed by atoms with Gasteiger partial charge in [-0.3, -0.25) is 4.79 Å². The van der Waals surface area contributed by atoms with Gasteiger partial charge in [-0.25, -0.2) is 4.98 Å². The molecule has 0 radical (unpaired) electrons. The van der Waals surface area contributed by atoms with E-state index in [2.05, 4.69) is 9.97 Å². The van der Waals surface area contributed by atoms with Crippen LogP contribution >= 0.6 is 0 Å². The van der Waals surface area contributed by atoms with Crippen molar-refractivity contribution in [3.8, 4) is 5.75 Å². The number of ether oxygens (including phenoxy) is 1. The average molecular weight is 354 g/mol. The monoisotopic (exact) mass is 354 g/mol. The average Bonchev–Trinajstić information content (AvgIpc) is 2.72. The standard InChI is InChI=1S/C23H18N2O2/c26-23-20-8-4-5-9-21(20)24-22(25-23)15-12-17-10-13-19(14-11-17)27-16-18-6-2-1-3-7-18/h1-15H,16H2,(H,24,25,26). The number of hydrogen-bond donors (Lipinski definition) is 1. The summed E-state index contributed by atoms with van der Waals surface area (Å²) < 4.78 is 5.79. The second-order valence-electron chi connectivity index (χ2n) is 6.14. The van der Waals surface area contributed by atoms with E-state index in [9.17, 15) is 4.79 Å². The minimum Gasteiger partial charge on any atom is -0.489 e. The second kappa shape index (κ2) is 7.70. The highest BCUT2D eigenvalue weighted by Crippen LogP contribution is 2.16. The van der Waals surface area contributed by atoms with E-state index in [-0.39, 0.29) is 5.56 Å². The number of para-hydroxylation sites is 1. The number of aromatic amines is 1. The molecule has 4 nitrogen and oxygen atoms in total. The molecule has 132 valence electrons. The molecule has 0 bridgehead atoms. The van der Waals surface area contributed by atoms with Crippen LogP contribution in [-0.2, 0) is 6.61 Å². The molecule has 0 aliphatic rings. The van der Waals surface area contributed by atoms with E-state index in [1.165, 1.54) is 0 Å². The van der Waals surface area contributed by atoms with Gasteiger partial charge in [0.2, 0.25) is 0 Å². The molecule has 0 aliphatic carbocycles. The minimum atomic E-state index is -0.134. The van der Waals surface area contributed by atoms with E-state index in [1.54, 1.807) is 12.1 Å². The van der Waals surface area contributed by atoms with E-state index < -0.39 is 0 Å². The SMILES string of the molecule is O=c1[nH]c(C=Cc2ccc(OCc3ccccc3)cc2)nc2ccccc12. The lowest BCUT2D eigenvalue weighted by Crippen LogP contribution is -2.09. The molecule has 0 atom stereocenters. The van der Waals surface area contributed by atoms with Gasteiger partial charge in [0, 0.05) is 0 Å². The number of nitrogens with one attached hydrogen (secondary N) is 1. The van der Waals surface area contributed by atoms with Crippen molar-refractivity contribution in [2.45, 2.75) is 6.61 Å². The van der Waals surface area contributed by atoms with Crippen molar-refractivity contribution in [2.75, 3.05) is 0 Å². The van der Waals surface area contributed by atoms with Crippen LogP contribution in [0.4, 0.5) is 0 Å². The number of nitrogens with zero attached hydrogens (tertiary/aromatic N) is 1. The van der Waals surface area contributed by atoms with Gasteiger partial charge in [-0.15, -0.1) is 0 Å². The summed E-state index contributed by atoms with van der Waals surface area (Å²) in [5.74, 6) is 1.34. The maximum Gasteiger partial charge on any atom is 0.259 e. The summed E-state index contributed by atoms with van der Waals surface area (Å²) in [5.41, 5.74) is 2.68. The predicted octanol–water partition coefficient (Wildman–Crippen LogP) is 4.67. The molecule has 1 aromatic heterocycles. The van der Waals surface area contributed by atoms with Crippen molar-refractivity contribution in [2.24, 2.45) is 0 Å². The van der Waals surface area contributed by atoms with Crippen molar-refractivity contribution in [1.82, 2.24) is 9.97 Å². The van der Waals surface area contributed by atoms with Crippen LogP contribution in [0.5, 0.6) is 5.75 Å². The van der Waals surface area contributed by atoms with Crippen molar-refractivity contribution < 1.29 is 4.74 Å². The molecule has 4 rings (SSSR count). The van der Waals surface area contributed by atoms with Gasteiger partial charge in [-0.2, -0.15) is 0 Å². The summed E-state index contributed by atoms with van der Waals surface area (Å²) in [6.07, 6.45) is 3.71. The van der Waals surface area contributed by atoms with Crippen molar-refractivity contribution in [1.29, 1.82) is 0 Å². The number of aromatic nitrogens is 2. The molecule has 4 heteroatoms. The fraction of sp³-hybridized carbons (Fsp3) is 0.0435. The fourth-order valence-electron chi connectivity index (χ4n) is 2.77. The normalized spacial score (nSPS) is 11.1. The Hall–Kier alpha value is -3.66. The van der Waals surface area contributed by atoms with Crippen LogP contribution in [0, 0.1) is 0 Å². The highest BCUT2D eigenvalue weighted by atomic mass is 16.5. The number of rotatable bonds is 5. The smallest absolute Gasteiger partial charge is 0.259 e. The van der Waals surface area contributed by atoms with Gasteiger partial charge in [-0.05, 0) is 41.5 Å². The van der Waals surface area contributed by atoms with Crippen molar-refractivity contribution in [3.63, 3.8) is 0 Å². The molecule has 1 heterocycles. The van der Waals surface area contributed by atoms with Crippen LogP contribution in [0.3, 0.4) is 0 Å². The molecule has 0 unspecified atom stereocenters. The second-order valence-corrected chi connectivity index (χ2v) is 6.14. The van der Waals surface area contributed by atoms with Gasteiger partial charge in [-0.1, -0.05) is 60.7 Å². The lowest BCUT2D eigenvalue weighted by molar-refractivity contribution is 0.306. The molecule has 0 spiro atoms. The van der Waals surface area contributed by atoms with Crippen LogP contribution in [0.1, 0.15) is 17.0 Å². The summed E-state index contributed by atoms with van der Waals surface area (Å²) in [6.45, 7) is 0.540. The van der Waals surface area contributed by atoms with Crippen LogP contribution in [0.25, 0.3) is 23.1 Å². The van der Waals surface area contributed by atoms with Crippen LogP contribution < -0.4 is 10.3 Å². The van der Waals surface area contributed by atoms with Crippen molar-refractivity contribution in [3.05, 3.63) is 106 Å². The van der Waals surface area contributed by atoms with Crippen LogP contribution in [0.2, 0.25) is 0 Å². The Labute approximate surface area is 156 Å². The summed E-state index contributed by atoms with van der Waals surface area (Å²) in [6, 6.07) is 25.2. The minimum absolute atomic E-state index is 0.134. The molecule has 4 aromatic rings. The molecular weight excluding hydrogens is 336 g/mol. The van der Waals surface area contributed by atoms with E-state index >= 15 is 0 Å². The molecule has 0 saturated heterocycles. The Balaban J connectivity index is 1.46. The third-order valence-electron chi connectivity index (χ3n) is 4.19. The maximum absolute atomic E-state index is 12.1. The van der Waals surface area contributed by atoms with E-state index in [4.69, 9.17) is 4.74 Å². The first-order chi connectivity index (χ1) is 13.3. The topological polar surface area (TPSA) is 55.0 Å². The quantitative estimate of drug-likeness (QED) is 0.566. The summed E-state index contributed by atoms with van der Waals surface area (Å²) >= 11 is 0. The molecule has 3 aromatic carbocycles. The number of hydrogen-bond acceptors (Lipinski definition) is 3. The van der Waals surface area contributed by atoms with Gasteiger partial charge >= 0.3 is 0 Å². The summed E-state index contributed by atoms with van der Waals surface area (Å²) in [7, 11) is 0. The highest BCUT2D eigenvalue weighted by molar-refractivity contribution is 5.79. The first-order valence-electron chi connectivity index (χ1n) is 8.72. The Kier molecular flexibility index (Phi) is 4.79. The van der Waals surface area contributed by atoms with E-state index in [0.29, 0.717) is 23.3 Å². The third-order valence-corrected chi connectivity index (χ3v) is 4.19.